The smallest absolute Gasteiger partial charge is 0.253 e. The van der Waals surface area contributed by atoms with E-state index < -0.39 is 0 Å². The third-order valence-electron chi connectivity index (χ3n) is 5.19. The average molecular weight is 376 g/mol. The first-order valence-electron chi connectivity index (χ1n) is 9.28. The van der Waals surface area contributed by atoms with E-state index in [2.05, 4.69) is 16.4 Å². The minimum Gasteiger partial charge on any atom is -0.493 e. The Bertz CT molecular complexity index is 1030. The average Bonchev–Trinajstić information content (AvgIpc) is 2.71. The largest absolute Gasteiger partial charge is 0.493 e. The van der Waals surface area contributed by atoms with E-state index in [1.54, 1.807) is 24.3 Å². The molecule has 142 valence electrons. The minimum absolute atomic E-state index is 0.0987. The molecule has 0 bridgehead atoms. The van der Waals surface area contributed by atoms with Crippen LogP contribution in [0, 0.1) is 19.7 Å². The van der Waals surface area contributed by atoms with Crippen LogP contribution in [0.2, 0.25) is 0 Å². The molecular weight excluding hydrogens is 355 g/mol. The number of hydrogen-bond donors (Lipinski definition) is 1. The molecule has 1 aliphatic rings. The van der Waals surface area contributed by atoms with E-state index in [1.165, 1.54) is 23.9 Å². The Morgan fingerprint density at radius 2 is 2.04 bits per heavy atom. The van der Waals surface area contributed by atoms with Gasteiger partial charge in [0.25, 0.3) is 5.91 Å². The van der Waals surface area contributed by atoms with E-state index in [1.807, 2.05) is 19.9 Å². The summed E-state index contributed by atoms with van der Waals surface area (Å²) in [5, 5.41) is 3.09. The standard InChI is InChI=1S/C23H21FN2O2/c1-14-6-8-19-21(10-11-28-22(19)15(14)2)26-23(27)17-7-9-20(25-13-17)16-4-3-5-18(24)12-16/h3-9,12-13,21H,10-11H2,1-2H3,(H,26,27). The number of aromatic nitrogens is 1. The maximum absolute atomic E-state index is 13.4. The fourth-order valence-corrected chi connectivity index (χ4v) is 3.45. The Hall–Kier alpha value is -3.21. The van der Waals surface area contributed by atoms with Crippen LogP contribution in [0.15, 0.2) is 54.7 Å². The van der Waals surface area contributed by atoms with Gasteiger partial charge in [0.1, 0.15) is 11.6 Å². The van der Waals surface area contributed by atoms with Gasteiger partial charge in [-0.1, -0.05) is 24.3 Å². The molecule has 5 heteroatoms. The zero-order valence-corrected chi connectivity index (χ0v) is 15.8. The second-order valence-corrected chi connectivity index (χ2v) is 7.03. The monoisotopic (exact) mass is 376 g/mol. The van der Waals surface area contributed by atoms with Crippen molar-refractivity contribution in [2.75, 3.05) is 6.61 Å². The molecular formula is C23H21FN2O2. The normalized spacial score (nSPS) is 15.5. The number of carbonyl (C=O) groups excluding carboxylic acids is 1. The maximum Gasteiger partial charge on any atom is 0.253 e. The van der Waals surface area contributed by atoms with Crippen LogP contribution in [0.25, 0.3) is 11.3 Å². The number of benzene rings is 2. The lowest BCUT2D eigenvalue weighted by Gasteiger charge is -2.28. The Morgan fingerprint density at radius 1 is 1.18 bits per heavy atom. The summed E-state index contributed by atoms with van der Waals surface area (Å²) >= 11 is 0. The summed E-state index contributed by atoms with van der Waals surface area (Å²) < 4.78 is 19.2. The third kappa shape index (κ3) is 3.48. The molecule has 0 radical (unpaired) electrons. The molecule has 28 heavy (non-hydrogen) atoms. The van der Waals surface area contributed by atoms with Crippen molar-refractivity contribution < 1.29 is 13.9 Å². The first kappa shape index (κ1) is 18.2. The highest BCUT2D eigenvalue weighted by Crippen LogP contribution is 2.36. The number of ether oxygens (including phenoxy) is 1. The highest BCUT2D eigenvalue weighted by Gasteiger charge is 2.25. The highest BCUT2D eigenvalue weighted by molar-refractivity contribution is 5.94. The first-order chi connectivity index (χ1) is 13.5. The summed E-state index contributed by atoms with van der Waals surface area (Å²) in [6.07, 6.45) is 2.24. The first-order valence-corrected chi connectivity index (χ1v) is 9.28. The van der Waals surface area contributed by atoms with Crippen LogP contribution in [0.5, 0.6) is 5.75 Å². The van der Waals surface area contributed by atoms with Gasteiger partial charge in [-0.3, -0.25) is 9.78 Å². The van der Waals surface area contributed by atoms with E-state index in [0.717, 1.165) is 23.3 Å². The number of aryl methyl sites for hydroxylation is 1. The molecule has 1 N–H and O–H groups in total. The summed E-state index contributed by atoms with van der Waals surface area (Å²) in [4.78, 5) is 17.0. The van der Waals surface area contributed by atoms with E-state index in [9.17, 15) is 9.18 Å². The fraction of sp³-hybridized carbons (Fsp3) is 0.217. The van der Waals surface area contributed by atoms with Crippen molar-refractivity contribution in [2.45, 2.75) is 26.3 Å². The second-order valence-electron chi connectivity index (χ2n) is 7.03. The molecule has 1 aliphatic heterocycles. The van der Waals surface area contributed by atoms with Crippen LogP contribution >= 0.6 is 0 Å². The van der Waals surface area contributed by atoms with Crippen molar-refractivity contribution in [3.63, 3.8) is 0 Å². The van der Waals surface area contributed by atoms with E-state index in [0.29, 0.717) is 23.4 Å². The Balaban J connectivity index is 1.53. The van der Waals surface area contributed by atoms with Crippen LogP contribution < -0.4 is 10.1 Å². The topological polar surface area (TPSA) is 51.2 Å². The molecule has 0 fully saturated rings. The molecule has 0 saturated heterocycles. The molecule has 1 unspecified atom stereocenters. The predicted molar refractivity (Wildman–Crippen MR) is 106 cm³/mol. The van der Waals surface area contributed by atoms with Crippen molar-refractivity contribution in [1.29, 1.82) is 0 Å². The van der Waals surface area contributed by atoms with Crippen LogP contribution in [0.4, 0.5) is 4.39 Å². The molecule has 3 aromatic rings. The van der Waals surface area contributed by atoms with Crippen molar-refractivity contribution in [3.8, 4) is 17.0 Å². The SMILES string of the molecule is Cc1ccc2c(c1C)OCCC2NC(=O)c1ccc(-c2cccc(F)c2)nc1. The quantitative estimate of drug-likeness (QED) is 0.717. The second kappa shape index (κ2) is 7.43. The number of carbonyl (C=O) groups is 1. The minimum atomic E-state index is -0.315. The highest BCUT2D eigenvalue weighted by atomic mass is 19.1. The molecule has 4 nitrogen and oxygen atoms in total. The summed E-state index contributed by atoms with van der Waals surface area (Å²) in [6.45, 7) is 4.65. The molecule has 1 amide bonds. The molecule has 1 atom stereocenters. The fourth-order valence-electron chi connectivity index (χ4n) is 3.45. The number of fused-ring (bicyclic) bond motifs is 1. The van der Waals surface area contributed by atoms with Gasteiger partial charge in [-0.2, -0.15) is 0 Å². The number of pyridine rings is 1. The molecule has 0 aliphatic carbocycles. The van der Waals surface area contributed by atoms with Crippen LogP contribution in [-0.2, 0) is 0 Å². The number of amides is 1. The number of nitrogens with zero attached hydrogens (tertiary/aromatic N) is 1. The number of nitrogens with one attached hydrogen (secondary N) is 1. The van der Waals surface area contributed by atoms with Gasteiger partial charge in [0.05, 0.1) is 23.9 Å². The van der Waals surface area contributed by atoms with Crippen molar-refractivity contribution >= 4 is 5.91 Å². The van der Waals surface area contributed by atoms with Gasteiger partial charge in [-0.25, -0.2) is 4.39 Å². The van der Waals surface area contributed by atoms with E-state index in [4.69, 9.17) is 4.74 Å². The molecule has 1 aromatic heterocycles. The lowest BCUT2D eigenvalue weighted by molar-refractivity contribution is 0.0924. The molecule has 0 spiro atoms. The summed E-state index contributed by atoms with van der Waals surface area (Å²) in [6, 6.07) is 13.7. The van der Waals surface area contributed by atoms with Crippen LogP contribution in [0.3, 0.4) is 0 Å². The summed E-state index contributed by atoms with van der Waals surface area (Å²) in [7, 11) is 0. The summed E-state index contributed by atoms with van der Waals surface area (Å²) in [5.74, 6) is 0.371. The Morgan fingerprint density at radius 3 is 2.79 bits per heavy atom. The zero-order valence-electron chi connectivity index (χ0n) is 15.8. The van der Waals surface area contributed by atoms with Gasteiger partial charge in [0.15, 0.2) is 0 Å². The zero-order chi connectivity index (χ0) is 19.7. The van der Waals surface area contributed by atoms with Gasteiger partial charge >= 0.3 is 0 Å². The predicted octanol–water partition coefficient (Wildman–Crippen LogP) is 4.76. The lowest BCUT2D eigenvalue weighted by Crippen LogP contribution is -2.32. The van der Waals surface area contributed by atoms with Crippen LogP contribution in [0.1, 0.15) is 39.5 Å². The number of hydrogen-bond acceptors (Lipinski definition) is 3. The maximum atomic E-state index is 13.4. The lowest BCUT2D eigenvalue weighted by atomic mass is 9.95. The van der Waals surface area contributed by atoms with Crippen LogP contribution in [-0.4, -0.2) is 17.5 Å². The van der Waals surface area contributed by atoms with Crippen molar-refractivity contribution in [2.24, 2.45) is 0 Å². The van der Waals surface area contributed by atoms with Gasteiger partial charge in [-0.05, 0) is 49.2 Å². The molecule has 2 aromatic carbocycles. The third-order valence-corrected chi connectivity index (χ3v) is 5.19. The molecule has 2 heterocycles. The van der Waals surface area contributed by atoms with Gasteiger partial charge in [0.2, 0.25) is 0 Å². The van der Waals surface area contributed by atoms with Gasteiger partial charge in [-0.15, -0.1) is 0 Å². The van der Waals surface area contributed by atoms with Gasteiger partial charge < -0.3 is 10.1 Å². The van der Waals surface area contributed by atoms with Crippen molar-refractivity contribution in [3.05, 3.63) is 82.8 Å². The van der Waals surface area contributed by atoms with Crippen molar-refractivity contribution in [1.82, 2.24) is 10.3 Å². The Labute approximate surface area is 163 Å². The summed E-state index contributed by atoms with van der Waals surface area (Å²) in [5.41, 5.74) is 5.05. The number of rotatable bonds is 3. The molecule has 0 saturated carbocycles. The Kier molecular flexibility index (Phi) is 4.82. The van der Waals surface area contributed by atoms with E-state index >= 15 is 0 Å². The number of halogens is 1. The molecule has 4 rings (SSSR count). The van der Waals surface area contributed by atoms with E-state index in [-0.39, 0.29) is 17.8 Å². The van der Waals surface area contributed by atoms with Gasteiger partial charge in [0, 0.05) is 23.7 Å².